The third-order valence-electron chi connectivity index (χ3n) is 3.72. The van der Waals surface area contributed by atoms with Crippen LogP contribution in [0.1, 0.15) is 24.8 Å². The first kappa shape index (κ1) is 13.9. The fraction of sp³-hybridized carbons (Fsp3) is 0.533. The van der Waals surface area contributed by atoms with Crippen molar-refractivity contribution < 1.29 is 14.6 Å². The van der Waals surface area contributed by atoms with Crippen LogP contribution in [0.5, 0.6) is 5.75 Å². The molecule has 0 spiro atoms. The van der Waals surface area contributed by atoms with Gasteiger partial charge in [0.05, 0.1) is 7.11 Å². The van der Waals surface area contributed by atoms with Gasteiger partial charge in [0, 0.05) is 25.1 Å². The van der Waals surface area contributed by atoms with E-state index in [0.29, 0.717) is 5.92 Å². The van der Waals surface area contributed by atoms with Crippen LogP contribution >= 0.6 is 0 Å². The molecular formula is C15H21NO3. The standard InChI is InChI=1S/C15H21NO3/c1-19-14-5-3-2-4-13(14)11-16-9-8-12(10-16)6-7-15(17)18/h2-5,12H,6-11H2,1H3,(H,17,18). The zero-order chi connectivity index (χ0) is 13.7. The summed E-state index contributed by atoms with van der Waals surface area (Å²) in [5.41, 5.74) is 1.20. The first-order valence-electron chi connectivity index (χ1n) is 6.75. The van der Waals surface area contributed by atoms with Crippen molar-refractivity contribution in [1.29, 1.82) is 0 Å². The Morgan fingerprint density at radius 1 is 1.47 bits per heavy atom. The molecule has 1 aromatic rings. The highest BCUT2D eigenvalue weighted by molar-refractivity contribution is 5.66. The molecule has 1 aromatic carbocycles. The lowest BCUT2D eigenvalue weighted by atomic mass is 10.0. The van der Waals surface area contributed by atoms with Crippen molar-refractivity contribution in [2.75, 3.05) is 20.2 Å². The van der Waals surface area contributed by atoms with Crippen LogP contribution in [0.3, 0.4) is 0 Å². The SMILES string of the molecule is COc1ccccc1CN1CCC(CCC(=O)O)C1. The molecule has 1 unspecified atom stereocenters. The topological polar surface area (TPSA) is 49.8 Å². The molecule has 0 aromatic heterocycles. The quantitative estimate of drug-likeness (QED) is 0.856. The van der Waals surface area contributed by atoms with Gasteiger partial charge in [-0.15, -0.1) is 0 Å². The maximum absolute atomic E-state index is 10.6. The molecule has 19 heavy (non-hydrogen) atoms. The molecular weight excluding hydrogens is 242 g/mol. The highest BCUT2D eigenvalue weighted by Gasteiger charge is 2.23. The Morgan fingerprint density at radius 3 is 3.00 bits per heavy atom. The molecule has 4 heteroatoms. The molecule has 0 aliphatic carbocycles. The highest BCUT2D eigenvalue weighted by atomic mass is 16.5. The average Bonchev–Trinajstić information content (AvgIpc) is 2.85. The second-order valence-electron chi connectivity index (χ2n) is 5.13. The first-order chi connectivity index (χ1) is 9.19. The van der Waals surface area contributed by atoms with Crippen LogP contribution in [-0.4, -0.2) is 36.2 Å². The predicted molar refractivity (Wildman–Crippen MR) is 73.2 cm³/mol. The van der Waals surface area contributed by atoms with Gasteiger partial charge in [-0.2, -0.15) is 0 Å². The van der Waals surface area contributed by atoms with Gasteiger partial charge in [-0.25, -0.2) is 0 Å². The highest BCUT2D eigenvalue weighted by Crippen LogP contribution is 2.25. The van der Waals surface area contributed by atoms with Gasteiger partial charge in [-0.1, -0.05) is 18.2 Å². The molecule has 1 atom stereocenters. The predicted octanol–water partition coefficient (Wildman–Crippen LogP) is 2.38. The first-order valence-corrected chi connectivity index (χ1v) is 6.75. The molecule has 1 heterocycles. The molecule has 0 saturated carbocycles. The Labute approximate surface area is 114 Å². The van der Waals surface area contributed by atoms with Crippen molar-refractivity contribution in [2.24, 2.45) is 5.92 Å². The van der Waals surface area contributed by atoms with Gasteiger partial charge in [0.1, 0.15) is 5.75 Å². The summed E-state index contributed by atoms with van der Waals surface area (Å²) in [6.07, 6.45) is 2.17. The Balaban J connectivity index is 1.86. The summed E-state index contributed by atoms with van der Waals surface area (Å²) < 4.78 is 5.36. The fourth-order valence-corrected chi connectivity index (χ4v) is 2.69. The number of rotatable bonds is 6. The molecule has 0 amide bonds. The van der Waals surface area contributed by atoms with Gasteiger partial charge in [-0.05, 0) is 31.4 Å². The summed E-state index contributed by atoms with van der Waals surface area (Å²) in [5.74, 6) is 0.755. The van der Waals surface area contributed by atoms with Gasteiger partial charge < -0.3 is 9.84 Å². The molecule has 1 aliphatic heterocycles. The number of hydrogen-bond donors (Lipinski definition) is 1. The largest absolute Gasteiger partial charge is 0.496 e. The molecule has 0 bridgehead atoms. The Hall–Kier alpha value is -1.55. The summed E-state index contributed by atoms with van der Waals surface area (Å²) in [6, 6.07) is 8.06. The summed E-state index contributed by atoms with van der Waals surface area (Å²) in [4.78, 5) is 13.0. The van der Waals surface area contributed by atoms with Crippen molar-refractivity contribution in [1.82, 2.24) is 4.90 Å². The molecule has 2 rings (SSSR count). The van der Waals surface area contributed by atoms with Crippen LogP contribution in [0.25, 0.3) is 0 Å². The average molecular weight is 263 g/mol. The molecule has 0 radical (unpaired) electrons. The van der Waals surface area contributed by atoms with Gasteiger partial charge >= 0.3 is 5.97 Å². The lowest BCUT2D eigenvalue weighted by molar-refractivity contribution is -0.137. The zero-order valence-electron chi connectivity index (χ0n) is 11.3. The molecule has 1 N–H and O–H groups in total. The van der Waals surface area contributed by atoms with E-state index in [2.05, 4.69) is 11.0 Å². The molecule has 104 valence electrons. The minimum Gasteiger partial charge on any atom is -0.496 e. The van der Waals surface area contributed by atoms with E-state index >= 15 is 0 Å². The number of para-hydroxylation sites is 1. The smallest absolute Gasteiger partial charge is 0.303 e. The lowest BCUT2D eigenvalue weighted by Crippen LogP contribution is -2.20. The number of carboxylic acid groups (broad SMARTS) is 1. The normalized spacial score (nSPS) is 19.5. The van der Waals surface area contributed by atoms with Crippen molar-refractivity contribution in [3.05, 3.63) is 29.8 Å². The summed E-state index contributed by atoms with van der Waals surface area (Å²) in [6.45, 7) is 2.92. The van der Waals surface area contributed by atoms with E-state index in [1.54, 1.807) is 7.11 Å². The van der Waals surface area contributed by atoms with Gasteiger partial charge in [0.2, 0.25) is 0 Å². The van der Waals surface area contributed by atoms with Crippen LogP contribution < -0.4 is 4.74 Å². The van der Waals surface area contributed by atoms with E-state index in [4.69, 9.17) is 9.84 Å². The second kappa shape index (κ2) is 6.57. The van der Waals surface area contributed by atoms with Crippen molar-refractivity contribution in [3.63, 3.8) is 0 Å². The van der Waals surface area contributed by atoms with E-state index in [9.17, 15) is 4.79 Å². The van der Waals surface area contributed by atoms with Crippen LogP contribution in [0, 0.1) is 5.92 Å². The number of ether oxygens (including phenoxy) is 1. The number of nitrogens with zero attached hydrogens (tertiary/aromatic N) is 1. The van der Waals surface area contributed by atoms with Gasteiger partial charge in [0.15, 0.2) is 0 Å². The van der Waals surface area contributed by atoms with E-state index in [0.717, 1.165) is 38.2 Å². The number of carboxylic acids is 1. The van der Waals surface area contributed by atoms with E-state index < -0.39 is 5.97 Å². The zero-order valence-corrected chi connectivity index (χ0v) is 11.3. The summed E-state index contributed by atoms with van der Waals surface area (Å²) in [7, 11) is 1.69. The monoisotopic (exact) mass is 263 g/mol. The van der Waals surface area contributed by atoms with Crippen LogP contribution in [-0.2, 0) is 11.3 Å². The van der Waals surface area contributed by atoms with Crippen LogP contribution in [0.15, 0.2) is 24.3 Å². The third-order valence-corrected chi connectivity index (χ3v) is 3.72. The Morgan fingerprint density at radius 2 is 2.26 bits per heavy atom. The fourth-order valence-electron chi connectivity index (χ4n) is 2.69. The Kier molecular flexibility index (Phi) is 4.80. The van der Waals surface area contributed by atoms with Crippen molar-refractivity contribution in [2.45, 2.75) is 25.8 Å². The van der Waals surface area contributed by atoms with E-state index in [-0.39, 0.29) is 6.42 Å². The summed E-state index contributed by atoms with van der Waals surface area (Å²) >= 11 is 0. The molecule has 4 nitrogen and oxygen atoms in total. The molecule has 1 fully saturated rings. The van der Waals surface area contributed by atoms with Gasteiger partial charge in [0.25, 0.3) is 0 Å². The van der Waals surface area contributed by atoms with Crippen LogP contribution in [0.4, 0.5) is 0 Å². The third kappa shape index (κ3) is 3.96. The summed E-state index contributed by atoms with van der Waals surface area (Å²) in [5, 5.41) is 8.71. The number of likely N-dealkylation sites (tertiary alicyclic amines) is 1. The minimum atomic E-state index is -0.692. The van der Waals surface area contributed by atoms with Crippen LogP contribution in [0.2, 0.25) is 0 Å². The van der Waals surface area contributed by atoms with E-state index in [1.807, 2.05) is 18.2 Å². The number of carbonyl (C=O) groups is 1. The number of aliphatic carboxylic acids is 1. The van der Waals surface area contributed by atoms with Crippen molar-refractivity contribution in [3.8, 4) is 5.75 Å². The maximum atomic E-state index is 10.6. The second-order valence-corrected chi connectivity index (χ2v) is 5.13. The molecule has 1 aliphatic rings. The number of hydrogen-bond acceptors (Lipinski definition) is 3. The Bertz CT molecular complexity index is 433. The molecule has 1 saturated heterocycles. The lowest BCUT2D eigenvalue weighted by Gasteiger charge is -2.17. The van der Waals surface area contributed by atoms with E-state index in [1.165, 1.54) is 5.56 Å². The van der Waals surface area contributed by atoms with Crippen molar-refractivity contribution >= 4 is 5.97 Å². The maximum Gasteiger partial charge on any atom is 0.303 e. The number of benzene rings is 1. The number of methoxy groups -OCH3 is 1. The minimum absolute atomic E-state index is 0.285. The van der Waals surface area contributed by atoms with Gasteiger partial charge in [-0.3, -0.25) is 9.69 Å².